The number of amides is 1. The van der Waals surface area contributed by atoms with Gasteiger partial charge in [0.15, 0.2) is 0 Å². The van der Waals surface area contributed by atoms with Crippen molar-refractivity contribution in [2.45, 2.75) is 37.9 Å². The zero-order chi connectivity index (χ0) is 12.3. The van der Waals surface area contributed by atoms with Gasteiger partial charge in [0, 0.05) is 12.5 Å². The van der Waals surface area contributed by atoms with Crippen LogP contribution in [0.4, 0.5) is 13.2 Å². The smallest absolute Gasteiger partial charge is 0.471 e. The number of hydrogen-bond donors (Lipinski definition) is 2. The molecule has 2 unspecified atom stereocenters. The average Bonchev–Trinajstić information content (AvgIpc) is 2.49. The monoisotopic (exact) mass is 239 g/mol. The predicted octanol–water partition coefficient (Wildman–Crippen LogP) is 1.31. The molecule has 4 nitrogen and oxygen atoms in total. The molecule has 0 aromatic heterocycles. The van der Waals surface area contributed by atoms with Gasteiger partial charge in [-0.3, -0.25) is 9.59 Å². The molecule has 0 aliphatic heterocycles. The van der Waals surface area contributed by atoms with Crippen molar-refractivity contribution in [2.75, 3.05) is 0 Å². The van der Waals surface area contributed by atoms with E-state index < -0.39 is 24.1 Å². The van der Waals surface area contributed by atoms with Gasteiger partial charge in [0.05, 0.1) is 0 Å². The fraction of sp³-hybridized carbons (Fsp3) is 0.778. The first-order chi connectivity index (χ1) is 7.29. The van der Waals surface area contributed by atoms with E-state index in [1.807, 2.05) is 5.32 Å². The van der Waals surface area contributed by atoms with Crippen molar-refractivity contribution in [3.05, 3.63) is 0 Å². The Balaban J connectivity index is 2.37. The van der Waals surface area contributed by atoms with Gasteiger partial charge in [0.25, 0.3) is 0 Å². The van der Waals surface area contributed by atoms with Crippen molar-refractivity contribution in [1.82, 2.24) is 5.32 Å². The van der Waals surface area contributed by atoms with Crippen molar-refractivity contribution in [3.63, 3.8) is 0 Å². The summed E-state index contributed by atoms with van der Waals surface area (Å²) >= 11 is 0. The zero-order valence-corrected chi connectivity index (χ0v) is 8.38. The van der Waals surface area contributed by atoms with Crippen LogP contribution in [0, 0.1) is 5.92 Å². The molecule has 0 bridgehead atoms. The van der Waals surface area contributed by atoms with Gasteiger partial charge in [-0.05, 0) is 25.2 Å². The number of nitrogens with one attached hydrogen (secondary N) is 1. The fourth-order valence-electron chi connectivity index (χ4n) is 1.91. The van der Waals surface area contributed by atoms with E-state index in [4.69, 9.17) is 5.11 Å². The first kappa shape index (κ1) is 12.8. The Morgan fingerprint density at radius 3 is 2.44 bits per heavy atom. The summed E-state index contributed by atoms with van der Waals surface area (Å²) in [6, 6.07) is -0.557. The van der Waals surface area contributed by atoms with Gasteiger partial charge in [-0.25, -0.2) is 0 Å². The largest absolute Gasteiger partial charge is 0.481 e. The summed E-state index contributed by atoms with van der Waals surface area (Å²) in [7, 11) is 0. The molecule has 0 radical (unpaired) electrons. The Morgan fingerprint density at radius 1 is 1.31 bits per heavy atom. The number of carbonyl (C=O) groups is 2. The summed E-state index contributed by atoms with van der Waals surface area (Å²) in [6.45, 7) is 0. The van der Waals surface area contributed by atoms with Crippen LogP contribution in [0.25, 0.3) is 0 Å². The third-order valence-electron chi connectivity index (χ3n) is 2.60. The molecule has 0 aromatic carbocycles. The molecule has 7 heteroatoms. The van der Waals surface area contributed by atoms with E-state index in [0.29, 0.717) is 19.3 Å². The third kappa shape index (κ3) is 3.71. The molecule has 1 rings (SSSR count). The SMILES string of the molecule is O=C(O)CC1CCC(NC(=O)C(F)(F)F)C1. The van der Waals surface area contributed by atoms with Crippen LogP contribution in [0.2, 0.25) is 0 Å². The van der Waals surface area contributed by atoms with Crippen LogP contribution >= 0.6 is 0 Å². The Kier molecular flexibility index (Phi) is 3.77. The van der Waals surface area contributed by atoms with Gasteiger partial charge in [-0.15, -0.1) is 0 Å². The number of rotatable bonds is 3. The molecule has 16 heavy (non-hydrogen) atoms. The minimum Gasteiger partial charge on any atom is -0.481 e. The Bertz CT molecular complexity index is 290. The fourth-order valence-corrected chi connectivity index (χ4v) is 1.91. The number of aliphatic carboxylic acids is 1. The second-order valence-corrected chi connectivity index (χ2v) is 3.95. The molecule has 1 amide bonds. The van der Waals surface area contributed by atoms with Gasteiger partial charge in [0.1, 0.15) is 0 Å². The van der Waals surface area contributed by atoms with E-state index in [-0.39, 0.29) is 12.3 Å². The van der Waals surface area contributed by atoms with Crippen molar-refractivity contribution in [2.24, 2.45) is 5.92 Å². The topological polar surface area (TPSA) is 66.4 Å². The summed E-state index contributed by atoms with van der Waals surface area (Å²) in [4.78, 5) is 21.0. The van der Waals surface area contributed by atoms with Crippen LogP contribution < -0.4 is 5.32 Å². The van der Waals surface area contributed by atoms with Crippen LogP contribution in [0.1, 0.15) is 25.7 Å². The van der Waals surface area contributed by atoms with Gasteiger partial charge >= 0.3 is 18.1 Å². The van der Waals surface area contributed by atoms with Crippen molar-refractivity contribution >= 4 is 11.9 Å². The van der Waals surface area contributed by atoms with Gasteiger partial charge in [-0.2, -0.15) is 13.2 Å². The minimum atomic E-state index is -4.87. The van der Waals surface area contributed by atoms with E-state index in [1.165, 1.54) is 0 Å². The van der Waals surface area contributed by atoms with Crippen LogP contribution in [0.5, 0.6) is 0 Å². The molecule has 92 valence electrons. The highest BCUT2D eigenvalue weighted by Crippen LogP contribution is 2.29. The molecule has 1 aliphatic rings. The van der Waals surface area contributed by atoms with E-state index >= 15 is 0 Å². The summed E-state index contributed by atoms with van der Waals surface area (Å²) in [6.07, 6.45) is -3.69. The van der Waals surface area contributed by atoms with Crippen LogP contribution in [0.15, 0.2) is 0 Å². The lowest BCUT2D eigenvalue weighted by Crippen LogP contribution is -2.42. The van der Waals surface area contributed by atoms with Crippen molar-refractivity contribution in [3.8, 4) is 0 Å². The molecule has 2 atom stereocenters. The van der Waals surface area contributed by atoms with Crippen LogP contribution in [0.3, 0.4) is 0 Å². The summed E-state index contributed by atoms with van der Waals surface area (Å²) in [5, 5.41) is 10.4. The molecule has 0 heterocycles. The quantitative estimate of drug-likeness (QED) is 0.780. The standard InChI is InChI=1S/C9H12F3NO3/c10-9(11,12)8(16)13-6-2-1-5(3-6)4-7(14)15/h5-6H,1-4H2,(H,13,16)(H,14,15). The molecule has 0 spiro atoms. The highest BCUT2D eigenvalue weighted by atomic mass is 19.4. The van der Waals surface area contributed by atoms with Gasteiger partial charge in [0.2, 0.25) is 0 Å². The number of carboxylic acid groups (broad SMARTS) is 1. The number of carbonyl (C=O) groups excluding carboxylic acids is 1. The second-order valence-electron chi connectivity index (χ2n) is 3.95. The Morgan fingerprint density at radius 2 is 1.94 bits per heavy atom. The van der Waals surface area contributed by atoms with Crippen LogP contribution in [-0.2, 0) is 9.59 Å². The molecular formula is C9H12F3NO3. The maximum atomic E-state index is 11.9. The number of carboxylic acids is 1. The van der Waals surface area contributed by atoms with Crippen LogP contribution in [-0.4, -0.2) is 29.2 Å². The number of alkyl halides is 3. The summed E-state index contributed by atoms with van der Waals surface area (Å²) in [5.74, 6) is -3.06. The molecule has 1 fully saturated rings. The Labute approximate surface area is 89.8 Å². The number of hydrogen-bond acceptors (Lipinski definition) is 2. The molecule has 2 N–H and O–H groups in total. The first-order valence-electron chi connectivity index (χ1n) is 4.88. The molecule has 0 aromatic rings. The Hall–Kier alpha value is -1.27. The second kappa shape index (κ2) is 4.71. The summed E-state index contributed by atoms with van der Waals surface area (Å²) in [5.41, 5.74) is 0. The molecule has 1 aliphatic carbocycles. The molecule has 1 saturated carbocycles. The average molecular weight is 239 g/mol. The van der Waals surface area contributed by atoms with E-state index in [1.54, 1.807) is 0 Å². The zero-order valence-electron chi connectivity index (χ0n) is 8.38. The lowest BCUT2D eigenvalue weighted by Gasteiger charge is -2.14. The molecular weight excluding hydrogens is 227 g/mol. The first-order valence-corrected chi connectivity index (χ1v) is 4.88. The highest BCUT2D eigenvalue weighted by molar-refractivity contribution is 5.82. The maximum absolute atomic E-state index is 11.9. The van der Waals surface area contributed by atoms with E-state index in [9.17, 15) is 22.8 Å². The van der Waals surface area contributed by atoms with E-state index in [0.717, 1.165) is 0 Å². The lowest BCUT2D eigenvalue weighted by molar-refractivity contribution is -0.174. The minimum absolute atomic E-state index is 0.0572. The molecule has 0 saturated heterocycles. The van der Waals surface area contributed by atoms with Crippen molar-refractivity contribution in [1.29, 1.82) is 0 Å². The van der Waals surface area contributed by atoms with E-state index in [2.05, 4.69) is 0 Å². The normalized spacial score (nSPS) is 25.4. The number of halogens is 3. The van der Waals surface area contributed by atoms with Gasteiger partial charge < -0.3 is 10.4 Å². The third-order valence-corrected chi connectivity index (χ3v) is 2.60. The van der Waals surface area contributed by atoms with Gasteiger partial charge in [-0.1, -0.05) is 0 Å². The lowest BCUT2D eigenvalue weighted by atomic mass is 10.0. The predicted molar refractivity (Wildman–Crippen MR) is 47.6 cm³/mol. The highest BCUT2D eigenvalue weighted by Gasteiger charge is 2.40. The summed E-state index contributed by atoms with van der Waals surface area (Å²) < 4.78 is 35.7. The maximum Gasteiger partial charge on any atom is 0.471 e. The van der Waals surface area contributed by atoms with Crippen molar-refractivity contribution < 1.29 is 27.9 Å².